The molecule has 124 valence electrons. The molecule has 2 atom stereocenters. The fraction of sp³-hybridized carbons (Fsp3) is 0.615. The zero-order valence-corrected chi connectivity index (χ0v) is 13.9. The largest absolute Gasteiger partial charge is 0.388 e. The highest BCUT2D eigenvalue weighted by molar-refractivity contribution is 7.88. The van der Waals surface area contributed by atoms with Crippen LogP contribution in [0, 0.1) is 0 Å². The molecule has 0 unspecified atom stereocenters. The minimum absolute atomic E-state index is 0.00902. The highest BCUT2D eigenvalue weighted by Crippen LogP contribution is 2.23. The van der Waals surface area contributed by atoms with Gasteiger partial charge < -0.3 is 15.1 Å². The smallest absolute Gasteiger partial charge is 0.227 e. The van der Waals surface area contributed by atoms with E-state index >= 15 is 0 Å². The van der Waals surface area contributed by atoms with Gasteiger partial charge in [-0.2, -0.15) is 11.3 Å². The third kappa shape index (κ3) is 4.50. The van der Waals surface area contributed by atoms with Gasteiger partial charge in [-0.1, -0.05) is 0 Å². The summed E-state index contributed by atoms with van der Waals surface area (Å²) in [6.07, 6.45) is 0.173. The number of aliphatic hydroxyl groups excluding tert-OH is 1. The maximum atomic E-state index is 12.2. The monoisotopic (exact) mass is 348 g/mol. The predicted octanol–water partition coefficient (Wildman–Crippen LogP) is -0.836. The number of carbonyl (C=O) groups excluding carboxylic acids is 1. The van der Waals surface area contributed by atoms with E-state index in [1.54, 1.807) is 0 Å². The van der Waals surface area contributed by atoms with Crippen LogP contribution in [0.1, 0.15) is 12.0 Å². The minimum atomic E-state index is -3.45. The number of amides is 1. The number of hydrogen-bond acceptors (Lipinski definition) is 6. The maximum Gasteiger partial charge on any atom is 0.227 e. The first-order chi connectivity index (χ1) is 10.2. The number of aliphatic hydroxyl groups is 2. The number of likely N-dealkylation sites (tertiary alicyclic amines) is 1. The van der Waals surface area contributed by atoms with Crippen LogP contribution >= 0.6 is 11.3 Å². The van der Waals surface area contributed by atoms with Gasteiger partial charge in [-0.15, -0.1) is 0 Å². The van der Waals surface area contributed by atoms with E-state index in [1.807, 2.05) is 16.8 Å². The minimum Gasteiger partial charge on any atom is -0.388 e. The molecular formula is C13H20N2O5S2. The van der Waals surface area contributed by atoms with Crippen molar-refractivity contribution in [3.63, 3.8) is 0 Å². The van der Waals surface area contributed by atoms with Crippen molar-refractivity contribution in [3.05, 3.63) is 22.4 Å². The van der Waals surface area contributed by atoms with Crippen molar-refractivity contribution in [3.8, 4) is 0 Å². The molecular weight excluding hydrogens is 328 g/mol. The Kier molecular flexibility index (Phi) is 5.23. The van der Waals surface area contributed by atoms with E-state index in [9.17, 15) is 23.4 Å². The van der Waals surface area contributed by atoms with Crippen LogP contribution in [0.5, 0.6) is 0 Å². The lowest BCUT2D eigenvalue weighted by molar-refractivity contribution is -0.147. The molecule has 1 aromatic rings. The van der Waals surface area contributed by atoms with Gasteiger partial charge in [-0.3, -0.25) is 4.79 Å². The molecule has 1 aliphatic rings. The summed E-state index contributed by atoms with van der Waals surface area (Å²) < 4.78 is 24.4. The fourth-order valence-corrected chi connectivity index (χ4v) is 3.51. The van der Waals surface area contributed by atoms with Gasteiger partial charge in [0.15, 0.2) is 0 Å². The Morgan fingerprint density at radius 2 is 2.32 bits per heavy atom. The van der Waals surface area contributed by atoms with Gasteiger partial charge in [-0.25, -0.2) is 13.1 Å². The first-order valence-corrected chi connectivity index (χ1v) is 9.67. The molecule has 22 heavy (non-hydrogen) atoms. The van der Waals surface area contributed by atoms with Crippen LogP contribution in [0.25, 0.3) is 0 Å². The molecule has 7 nitrogen and oxygen atoms in total. The Morgan fingerprint density at radius 3 is 2.86 bits per heavy atom. The number of carbonyl (C=O) groups is 1. The third-order valence-electron chi connectivity index (χ3n) is 3.76. The van der Waals surface area contributed by atoms with Crippen LogP contribution in [-0.4, -0.2) is 67.0 Å². The predicted molar refractivity (Wildman–Crippen MR) is 83.0 cm³/mol. The number of hydrogen-bond donors (Lipinski definition) is 3. The summed E-state index contributed by atoms with van der Waals surface area (Å²) in [6.45, 7) is 0.00639. The standard InChI is InChI=1S/C13H20N2O5S2/c1-22(19,20)14-9-13(18)3-4-15(7-11(13)16)12(17)6-10-2-5-21-8-10/h2,5,8,11,14,16,18H,3-4,6-7,9H2,1H3/t11-,13-/m1/s1. The van der Waals surface area contributed by atoms with E-state index in [4.69, 9.17) is 0 Å². The van der Waals surface area contributed by atoms with Crippen molar-refractivity contribution in [2.75, 3.05) is 25.9 Å². The molecule has 1 fully saturated rings. The van der Waals surface area contributed by atoms with Gasteiger partial charge in [-0.05, 0) is 28.8 Å². The quantitative estimate of drug-likeness (QED) is 0.643. The molecule has 0 radical (unpaired) electrons. The molecule has 3 N–H and O–H groups in total. The number of rotatable bonds is 5. The Labute approximate surface area is 133 Å². The van der Waals surface area contributed by atoms with Gasteiger partial charge in [0, 0.05) is 19.6 Å². The van der Waals surface area contributed by atoms with Crippen LogP contribution < -0.4 is 4.72 Å². The lowest BCUT2D eigenvalue weighted by Crippen LogP contribution is -2.61. The molecule has 0 saturated carbocycles. The summed E-state index contributed by atoms with van der Waals surface area (Å²) in [5.41, 5.74) is -0.633. The van der Waals surface area contributed by atoms with Crippen LogP contribution in [0.4, 0.5) is 0 Å². The SMILES string of the molecule is CS(=O)(=O)NC[C@]1(O)CCN(C(=O)Cc2ccsc2)C[C@H]1O. The Balaban J connectivity index is 1.92. The van der Waals surface area contributed by atoms with Crippen LogP contribution in [0.2, 0.25) is 0 Å². The normalized spacial score (nSPS) is 26.1. The van der Waals surface area contributed by atoms with Gasteiger partial charge in [0.05, 0.1) is 12.7 Å². The average Bonchev–Trinajstić information content (AvgIpc) is 2.92. The van der Waals surface area contributed by atoms with E-state index in [2.05, 4.69) is 4.72 Å². The van der Waals surface area contributed by atoms with Crippen LogP contribution in [-0.2, 0) is 21.2 Å². The van der Waals surface area contributed by atoms with Crippen molar-refractivity contribution in [1.29, 1.82) is 0 Å². The van der Waals surface area contributed by atoms with E-state index in [-0.39, 0.29) is 38.4 Å². The Hall–Kier alpha value is -1.00. The van der Waals surface area contributed by atoms with Gasteiger partial charge in [0.25, 0.3) is 0 Å². The van der Waals surface area contributed by atoms with Crippen molar-refractivity contribution >= 4 is 27.3 Å². The third-order valence-corrected chi connectivity index (χ3v) is 5.16. The van der Waals surface area contributed by atoms with Crippen molar-refractivity contribution in [2.45, 2.75) is 24.5 Å². The molecule has 1 aliphatic heterocycles. The molecule has 2 heterocycles. The molecule has 0 bridgehead atoms. The van der Waals surface area contributed by atoms with Crippen molar-refractivity contribution in [1.82, 2.24) is 9.62 Å². The summed E-state index contributed by atoms with van der Waals surface area (Å²) in [5, 5.41) is 24.2. The lowest BCUT2D eigenvalue weighted by Gasteiger charge is -2.42. The van der Waals surface area contributed by atoms with Crippen molar-refractivity contribution < 1.29 is 23.4 Å². The first-order valence-electron chi connectivity index (χ1n) is 6.83. The number of nitrogens with one attached hydrogen (secondary N) is 1. The summed E-state index contributed by atoms with van der Waals surface area (Å²) >= 11 is 1.51. The second-order valence-electron chi connectivity index (χ2n) is 5.61. The molecule has 1 amide bonds. The van der Waals surface area contributed by atoms with Gasteiger partial charge in [0.2, 0.25) is 15.9 Å². The van der Waals surface area contributed by atoms with Crippen LogP contribution in [0.15, 0.2) is 16.8 Å². The lowest BCUT2D eigenvalue weighted by atomic mass is 9.88. The number of piperidine rings is 1. The summed E-state index contributed by atoms with van der Waals surface area (Å²) in [6, 6.07) is 1.87. The number of β-amino-alcohol motifs (C(OH)–C–C–N with tert-alkyl or cyclic N) is 1. The van der Waals surface area contributed by atoms with E-state index in [1.165, 1.54) is 16.2 Å². The highest BCUT2D eigenvalue weighted by Gasteiger charge is 2.42. The molecule has 2 rings (SSSR count). The van der Waals surface area contributed by atoms with Crippen molar-refractivity contribution in [2.24, 2.45) is 0 Å². The van der Waals surface area contributed by atoms with Gasteiger partial charge >= 0.3 is 0 Å². The summed E-state index contributed by atoms with van der Waals surface area (Å²) in [4.78, 5) is 13.7. The topological polar surface area (TPSA) is 107 Å². The number of sulfonamides is 1. The molecule has 0 aromatic carbocycles. The second kappa shape index (κ2) is 6.63. The van der Waals surface area contributed by atoms with Gasteiger partial charge in [0.1, 0.15) is 11.7 Å². The Morgan fingerprint density at radius 1 is 1.59 bits per heavy atom. The number of thiophene rings is 1. The van der Waals surface area contributed by atoms with E-state index in [0.717, 1.165) is 11.8 Å². The summed E-state index contributed by atoms with van der Waals surface area (Å²) in [7, 11) is -3.45. The molecule has 1 saturated heterocycles. The molecule has 0 aliphatic carbocycles. The Bertz CT molecular complexity index is 616. The highest BCUT2D eigenvalue weighted by atomic mass is 32.2. The number of nitrogens with zero attached hydrogens (tertiary/aromatic N) is 1. The first kappa shape index (κ1) is 17.4. The zero-order valence-electron chi connectivity index (χ0n) is 12.2. The molecule has 1 aromatic heterocycles. The molecule has 9 heteroatoms. The fourth-order valence-electron chi connectivity index (χ4n) is 2.33. The second-order valence-corrected chi connectivity index (χ2v) is 8.22. The van der Waals surface area contributed by atoms with E-state index < -0.39 is 21.7 Å². The average molecular weight is 348 g/mol. The van der Waals surface area contributed by atoms with E-state index in [0.29, 0.717) is 0 Å². The summed E-state index contributed by atoms with van der Waals surface area (Å²) in [5.74, 6) is -0.115. The maximum absolute atomic E-state index is 12.2. The molecule has 0 spiro atoms. The zero-order chi connectivity index (χ0) is 16.4. The van der Waals surface area contributed by atoms with Crippen LogP contribution in [0.3, 0.4) is 0 Å².